The number of hydrogen-bond acceptors (Lipinski definition) is 6. The number of para-hydroxylation sites is 1. The fraction of sp³-hybridized carbons (Fsp3) is 0.0323. The minimum absolute atomic E-state index is 0.227. The molecule has 0 bridgehead atoms. The molecule has 0 spiro atoms. The average Bonchev–Trinajstić information content (AvgIpc) is 3.37. The number of carbonyl (C=O) groups is 1. The highest BCUT2D eigenvalue weighted by molar-refractivity contribution is 7.22. The molecule has 1 amide bonds. The van der Waals surface area contributed by atoms with E-state index >= 15 is 0 Å². The summed E-state index contributed by atoms with van der Waals surface area (Å²) in [6, 6.07) is 30.2. The van der Waals surface area contributed by atoms with Gasteiger partial charge in [0.1, 0.15) is 11.8 Å². The number of aryl methyl sites for hydroxylation is 1. The van der Waals surface area contributed by atoms with Crippen LogP contribution >= 0.6 is 11.3 Å². The Morgan fingerprint density at radius 1 is 0.921 bits per heavy atom. The van der Waals surface area contributed by atoms with E-state index < -0.39 is 0 Å². The molecule has 0 unspecified atom stereocenters. The molecule has 0 N–H and O–H groups in total. The van der Waals surface area contributed by atoms with E-state index in [2.05, 4.69) is 10.1 Å². The molecule has 184 valence electrons. The number of hydrazone groups is 1. The van der Waals surface area contributed by atoms with Crippen LogP contribution in [0, 0.1) is 6.92 Å². The van der Waals surface area contributed by atoms with Crippen LogP contribution in [0.3, 0.4) is 0 Å². The molecule has 6 rings (SSSR count). The SMILES string of the molecule is Cc1ccc2nc(N(/N=C/c3coc4ccccc4c3=O)C(=O)c3ccc(-c4ccccc4)cc3)sc2c1. The first-order chi connectivity index (χ1) is 18.6. The first-order valence-electron chi connectivity index (χ1n) is 12.0. The molecule has 6 aromatic rings. The van der Waals surface area contributed by atoms with Crippen LogP contribution in [0.1, 0.15) is 21.5 Å². The number of benzene rings is 4. The summed E-state index contributed by atoms with van der Waals surface area (Å²) < 4.78 is 6.56. The summed E-state index contributed by atoms with van der Waals surface area (Å²) >= 11 is 1.36. The van der Waals surface area contributed by atoms with E-state index in [1.165, 1.54) is 28.8 Å². The van der Waals surface area contributed by atoms with E-state index in [1.807, 2.05) is 67.6 Å². The smallest absolute Gasteiger partial charge is 0.280 e. The van der Waals surface area contributed by atoms with E-state index in [-0.39, 0.29) is 16.9 Å². The lowest BCUT2D eigenvalue weighted by molar-refractivity contribution is 0.0988. The van der Waals surface area contributed by atoms with E-state index in [4.69, 9.17) is 4.42 Å². The molecule has 2 heterocycles. The molecular formula is C31H21N3O3S. The van der Waals surface area contributed by atoms with Gasteiger partial charge >= 0.3 is 0 Å². The molecule has 0 saturated heterocycles. The van der Waals surface area contributed by atoms with Crippen LogP contribution in [0.25, 0.3) is 32.3 Å². The molecule has 2 aromatic heterocycles. The van der Waals surface area contributed by atoms with Gasteiger partial charge in [-0.05, 0) is 60.0 Å². The summed E-state index contributed by atoms with van der Waals surface area (Å²) in [4.78, 5) is 31.4. The largest absolute Gasteiger partial charge is 0.463 e. The van der Waals surface area contributed by atoms with Gasteiger partial charge in [-0.1, -0.05) is 72.0 Å². The quantitative estimate of drug-likeness (QED) is 0.182. The van der Waals surface area contributed by atoms with Crippen molar-refractivity contribution >= 4 is 49.8 Å². The summed E-state index contributed by atoms with van der Waals surface area (Å²) in [5.41, 5.74) is 4.87. The number of hydrogen-bond donors (Lipinski definition) is 0. The lowest BCUT2D eigenvalue weighted by Gasteiger charge is -2.14. The summed E-state index contributed by atoms with van der Waals surface area (Å²) in [6.45, 7) is 2.01. The minimum Gasteiger partial charge on any atom is -0.463 e. The molecule has 6 nitrogen and oxygen atoms in total. The van der Waals surface area contributed by atoms with Crippen molar-refractivity contribution in [3.05, 3.63) is 130 Å². The van der Waals surface area contributed by atoms with Crippen molar-refractivity contribution in [3.8, 4) is 11.1 Å². The van der Waals surface area contributed by atoms with Gasteiger partial charge in [0.2, 0.25) is 10.6 Å². The van der Waals surface area contributed by atoms with Gasteiger partial charge in [-0.3, -0.25) is 9.59 Å². The molecule has 0 aliphatic carbocycles. The molecule has 38 heavy (non-hydrogen) atoms. The third kappa shape index (κ3) is 4.51. The van der Waals surface area contributed by atoms with Crippen LogP contribution in [0.5, 0.6) is 0 Å². The Kier molecular flexibility index (Phi) is 6.11. The van der Waals surface area contributed by atoms with E-state index in [1.54, 1.807) is 36.4 Å². The van der Waals surface area contributed by atoms with Gasteiger partial charge < -0.3 is 4.42 Å². The van der Waals surface area contributed by atoms with Crippen molar-refractivity contribution in [2.24, 2.45) is 5.10 Å². The normalized spacial score (nSPS) is 11.4. The monoisotopic (exact) mass is 515 g/mol. The fourth-order valence-corrected chi connectivity index (χ4v) is 5.18. The highest BCUT2D eigenvalue weighted by Crippen LogP contribution is 2.31. The van der Waals surface area contributed by atoms with Crippen LogP contribution in [-0.2, 0) is 0 Å². The van der Waals surface area contributed by atoms with Gasteiger partial charge in [-0.15, -0.1) is 0 Å². The Bertz CT molecular complexity index is 1870. The molecule has 7 heteroatoms. The summed E-state index contributed by atoms with van der Waals surface area (Å²) in [6.07, 6.45) is 2.71. The number of nitrogens with zero attached hydrogens (tertiary/aromatic N) is 3. The summed E-state index contributed by atoms with van der Waals surface area (Å²) in [5, 5.41) is 6.55. The number of fused-ring (bicyclic) bond motifs is 2. The number of rotatable bonds is 5. The fourth-order valence-electron chi connectivity index (χ4n) is 4.16. The molecular weight excluding hydrogens is 494 g/mol. The van der Waals surface area contributed by atoms with Crippen LogP contribution in [0.15, 0.2) is 118 Å². The number of thiazole rings is 1. The third-order valence-electron chi connectivity index (χ3n) is 6.16. The highest BCUT2D eigenvalue weighted by atomic mass is 32.1. The van der Waals surface area contributed by atoms with E-state index in [0.717, 1.165) is 26.9 Å². The molecule has 0 atom stereocenters. The van der Waals surface area contributed by atoms with Gasteiger partial charge in [0, 0.05) is 5.56 Å². The first-order valence-corrected chi connectivity index (χ1v) is 12.8. The predicted molar refractivity (Wildman–Crippen MR) is 153 cm³/mol. The lowest BCUT2D eigenvalue weighted by atomic mass is 10.0. The molecule has 0 radical (unpaired) electrons. The molecule has 0 aliphatic heterocycles. The first kappa shape index (κ1) is 23.5. The van der Waals surface area contributed by atoms with E-state index in [9.17, 15) is 9.59 Å². The van der Waals surface area contributed by atoms with Crippen LogP contribution in [-0.4, -0.2) is 17.1 Å². The number of anilines is 1. The summed E-state index contributed by atoms with van der Waals surface area (Å²) in [7, 11) is 0. The third-order valence-corrected chi connectivity index (χ3v) is 7.16. The van der Waals surface area contributed by atoms with Crippen LogP contribution in [0.4, 0.5) is 5.13 Å². The van der Waals surface area contributed by atoms with Crippen LogP contribution in [0.2, 0.25) is 0 Å². The Morgan fingerprint density at radius 2 is 1.66 bits per heavy atom. The predicted octanol–water partition coefficient (Wildman–Crippen LogP) is 7.06. The van der Waals surface area contributed by atoms with Gasteiger partial charge in [-0.2, -0.15) is 10.1 Å². The maximum absolute atomic E-state index is 13.7. The van der Waals surface area contributed by atoms with Crippen molar-refractivity contribution in [3.63, 3.8) is 0 Å². The molecule has 0 saturated carbocycles. The zero-order valence-electron chi connectivity index (χ0n) is 20.4. The van der Waals surface area contributed by atoms with Gasteiger partial charge in [0.15, 0.2) is 0 Å². The van der Waals surface area contributed by atoms with Crippen molar-refractivity contribution < 1.29 is 9.21 Å². The number of amides is 1. The van der Waals surface area contributed by atoms with Gasteiger partial charge in [0.25, 0.3) is 5.91 Å². The average molecular weight is 516 g/mol. The van der Waals surface area contributed by atoms with Crippen molar-refractivity contribution in [1.29, 1.82) is 0 Å². The minimum atomic E-state index is -0.359. The van der Waals surface area contributed by atoms with E-state index in [0.29, 0.717) is 21.7 Å². The Balaban J connectivity index is 1.40. The topological polar surface area (TPSA) is 75.8 Å². The molecule has 4 aromatic carbocycles. The standard InChI is InChI=1S/C31H21N3O3S/c1-20-11-16-26-28(17-20)38-31(33-26)34(32-18-24-19-37-27-10-6-5-9-25(27)29(24)35)30(36)23-14-12-22(13-15-23)21-7-3-2-4-8-21/h2-19H,1H3/b32-18+. The molecule has 0 aliphatic rings. The Labute approximate surface area is 222 Å². The number of carbonyl (C=O) groups excluding carboxylic acids is 1. The maximum Gasteiger partial charge on any atom is 0.280 e. The second-order valence-corrected chi connectivity index (χ2v) is 9.80. The highest BCUT2D eigenvalue weighted by Gasteiger charge is 2.21. The Morgan fingerprint density at radius 3 is 2.47 bits per heavy atom. The molecule has 0 fully saturated rings. The van der Waals surface area contributed by atoms with Gasteiger partial charge in [0.05, 0.1) is 27.4 Å². The van der Waals surface area contributed by atoms with Crippen molar-refractivity contribution in [1.82, 2.24) is 4.98 Å². The zero-order valence-corrected chi connectivity index (χ0v) is 21.2. The second kappa shape index (κ2) is 9.88. The van der Waals surface area contributed by atoms with Gasteiger partial charge in [-0.25, -0.2) is 4.98 Å². The van der Waals surface area contributed by atoms with Crippen molar-refractivity contribution in [2.75, 3.05) is 5.01 Å². The second-order valence-electron chi connectivity index (χ2n) is 8.79. The van der Waals surface area contributed by atoms with Crippen molar-refractivity contribution in [2.45, 2.75) is 6.92 Å². The summed E-state index contributed by atoms with van der Waals surface area (Å²) in [5.74, 6) is -0.359. The number of aromatic nitrogens is 1. The van der Waals surface area contributed by atoms with Crippen LogP contribution < -0.4 is 10.4 Å². The maximum atomic E-state index is 13.7. The zero-order chi connectivity index (χ0) is 26.1. The lowest BCUT2D eigenvalue weighted by Crippen LogP contribution is -2.26. The Hall–Kier alpha value is -4.88.